The van der Waals surface area contributed by atoms with Gasteiger partial charge in [-0.05, 0) is 13.3 Å². The van der Waals surface area contributed by atoms with E-state index in [1.807, 2.05) is 13.8 Å². The van der Waals surface area contributed by atoms with Crippen molar-refractivity contribution in [2.24, 2.45) is 0 Å². The quantitative estimate of drug-likeness (QED) is 0.491. The van der Waals surface area contributed by atoms with Gasteiger partial charge in [0.05, 0.1) is 52.4 Å². The van der Waals surface area contributed by atoms with Crippen molar-refractivity contribution in [1.29, 1.82) is 0 Å². The first-order valence-electron chi connectivity index (χ1n) is 7.23. The van der Waals surface area contributed by atoms with Crippen molar-refractivity contribution in [3.05, 3.63) is 0 Å². The minimum atomic E-state index is -0.259. The van der Waals surface area contributed by atoms with E-state index < -0.39 is 0 Å². The molecule has 0 radical (unpaired) electrons. The number of hydrogen-bond acceptors (Lipinski definition) is 6. The summed E-state index contributed by atoms with van der Waals surface area (Å²) in [4.78, 5) is 0. The fourth-order valence-corrected chi connectivity index (χ4v) is 1.26. The summed E-state index contributed by atoms with van der Waals surface area (Å²) in [6, 6.07) is 0. The molecule has 0 amide bonds. The van der Waals surface area contributed by atoms with Crippen LogP contribution in [0, 0.1) is 0 Å². The third-order valence-corrected chi connectivity index (χ3v) is 2.16. The molecule has 1 atom stereocenters. The van der Waals surface area contributed by atoms with Gasteiger partial charge in [-0.3, -0.25) is 0 Å². The van der Waals surface area contributed by atoms with Crippen molar-refractivity contribution >= 4 is 0 Å². The van der Waals surface area contributed by atoms with Crippen LogP contribution in [0.15, 0.2) is 0 Å². The summed E-state index contributed by atoms with van der Waals surface area (Å²) in [5.74, 6) is 0. The van der Waals surface area contributed by atoms with E-state index in [-0.39, 0.29) is 12.7 Å². The zero-order valence-corrected chi connectivity index (χ0v) is 13.2. The number of aliphatic hydroxyl groups excluding tert-OH is 2. The summed E-state index contributed by atoms with van der Waals surface area (Å²) in [5.41, 5.74) is 0. The Bertz CT molecular complexity index is 141. The summed E-state index contributed by atoms with van der Waals surface area (Å²) in [7, 11) is 1.60. The molecule has 6 nitrogen and oxygen atoms in total. The van der Waals surface area contributed by atoms with Gasteiger partial charge in [0, 0.05) is 13.7 Å². The Kier molecular flexibility index (Phi) is 23.2. The van der Waals surface area contributed by atoms with Crippen LogP contribution in [0.4, 0.5) is 0 Å². The standard InChI is InChI=1S/C8H18O4.C6H14O2/c1-2-10-5-6-12-8-7-11-4-3-9;1-3-4-6(7)5-8-2/h9H,2-8H2,1H3;6-7H,3-5H2,1-2H3. The zero-order valence-electron chi connectivity index (χ0n) is 13.2. The topological polar surface area (TPSA) is 77.4 Å². The molecule has 0 aromatic carbocycles. The lowest BCUT2D eigenvalue weighted by Crippen LogP contribution is -2.12. The molecule has 6 heteroatoms. The van der Waals surface area contributed by atoms with Crippen LogP contribution >= 0.6 is 0 Å². The van der Waals surface area contributed by atoms with Gasteiger partial charge >= 0.3 is 0 Å². The predicted octanol–water partition coefficient (Wildman–Crippen LogP) is 0.842. The van der Waals surface area contributed by atoms with Crippen LogP contribution in [-0.4, -0.2) is 76.3 Å². The molecule has 0 aliphatic heterocycles. The molecule has 0 spiro atoms. The molecule has 0 aliphatic carbocycles. The molecule has 0 bridgehead atoms. The Hall–Kier alpha value is -0.240. The lowest BCUT2D eigenvalue weighted by molar-refractivity contribution is 0.00965. The highest BCUT2D eigenvalue weighted by atomic mass is 16.5. The van der Waals surface area contributed by atoms with Crippen LogP contribution < -0.4 is 0 Å². The second-order valence-electron chi connectivity index (χ2n) is 4.04. The number of hydrogen-bond donors (Lipinski definition) is 2. The van der Waals surface area contributed by atoms with Crippen LogP contribution in [0.2, 0.25) is 0 Å². The molecule has 1 unspecified atom stereocenters. The monoisotopic (exact) mass is 296 g/mol. The van der Waals surface area contributed by atoms with Gasteiger partial charge in [-0.2, -0.15) is 0 Å². The fraction of sp³-hybridized carbons (Fsp3) is 1.00. The normalized spacial score (nSPS) is 11.8. The second-order valence-corrected chi connectivity index (χ2v) is 4.04. The van der Waals surface area contributed by atoms with E-state index in [2.05, 4.69) is 0 Å². The first-order valence-corrected chi connectivity index (χ1v) is 7.23. The molecule has 0 aromatic rings. The zero-order chi connectivity index (χ0) is 15.5. The van der Waals surface area contributed by atoms with E-state index in [0.29, 0.717) is 39.6 Å². The van der Waals surface area contributed by atoms with Gasteiger partial charge in [-0.1, -0.05) is 13.3 Å². The van der Waals surface area contributed by atoms with Crippen molar-refractivity contribution in [3.8, 4) is 0 Å². The van der Waals surface area contributed by atoms with Crippen molar-refractivity contribution in [1.82, 2.24) is 0 Å². The highest BCUT2D eigenvalue weighted by Crippen LogP contribution is 1.94. The van der Waals surface area contributed by atoms with E-state index in [1.165, 1.54) is 0 Å². The molecular formula is C14H32O6. The lowest BCUT2D eigenvalue weighted by atomic mass is 10.2. The van der Waals surface area contributed by atoms with Crippen molar-refractivity contribution < 1.29 is 29.2 Å². The first-order chi connectivity index (χ1) is 9.72. The minimum Gasteiger partial charge on any atom is -0.394 e. The number of ether oxygens (including phenoxy) is 4. The van der Waals surface area contributed by atoms with Gasteiger partial charge in [0.15, 0.2) is 0 Å². The van der Waals surface area contributed by atoms with Crippen molar-refractivity contribution in [3.63, 3.8) is 0 Å². The molecule has 0 saturated heterocycles. The SMILES string of the molecule is CCCC(O)COC.CCOCCOCCOCCO. The van der Waals surface area contributed by atoms with E-state index in [4.69, 9.17) is 29.2 Å². The number of aliphatic hydroxyl groups is 2. The smallest absolute Gasteiger partial charge is 0.0773 e. The van der Waals surface area contributed by atoms with Crippen LogP contribution in [0.1, 0.15) is 26.7 Å². The molecule has 2 N–H and O–H groups in total. The average Bonchev–Trinajstić information content (AvgIpc) is 2.43. The van der Waals surface area contributed by atoms with Crippen LogP contribution in [-0.2, 0) is 18.9 Å². The Morgan fingerprint density at radius 2 is 1.45 bits per heavy atom. The molecule has 0 fully saturated rings. The first kappa shape index (κ1) is 22.0. The molecule has 0 aromatic heterocycles. The summed E-state index contributed by atoms with van der Waals surface area (Å²) < 4.78 is 19.9. The summed E-state index contributed by atoms with van der Waals surface area (Å²) in [5, 5.41) is 17.3. The van der Waals surface area contributed by atoms with Gasteiger partial charge in [0.1, 0.15) is 0 Å². The summed E-state index contributed by atoms with van der Waals surface area (Å²) in [6.07, 6.45) is 1.60. The maximum absolute atomic E-state index is 8.92. The van der Waals surface area contributed by atoms with Crippen LogP contribution in [0.5, 0.6) is 0 Å². The molecule has 0 heterocycles. The summed E-state index contributed by atoms with van der Waals surface area (Å²) >= 11 is 0. The molecule has 124 valence electrons. The highest BCUT2D eigenvalue weighted by Gasteiger charge is 1.98. The molecule has 0 saturated carbocycles. The Morgan fingerprint density at radius 1 is 0.900 bits per heavy atom. The Morgan fingerprint density at radius 3 is 1.90 bits per heavy atom. The number of rotatable bonds is 13. The largest absolute Gasteiger partial charge is 0.394 e. The van der Waals surface area contributed by atoms with Crippen LogP contribution in [0.25, 0.3) is 0 Å². The molecular weight excluding hydrogens is 264 g/mol. The van der Waals surface area contributed by atoms with E-state index >= 15 is 0 Å². The maximum Gasteiger partial charge on any atom is 0.0773 e. The van der Waals surface area contributed by atoms with Gasteiger partial charge in [-0.25, -0.2) is 0 Å². The minimum absolute atomic E-state index is 0.0684. The Labute approximate surface area is 123 Å². The van der Waals surface area contributed by atoms with E-state index in [0.717, 1.165) is 19.4 Å². The summed E-state index contributed by atoms with van der Waals surface area (Å²) in [6.45, 7) is 7.97. The van der Waals surface area contributed by atoms with Crippen molar-refractivity contribution in [2.75, 3.05) is 60.0 Å². The molecule has 0 rings (SSSR count). The van der Waals surface area contributed by atoms with Gasteiger partial charge < -0.3 is 29.2 Å². The third kappa shape index (κ3) is 22.9. The molecule has 0 aliphatic rings. The van der Waals surface area contributed by atoms with Gasteiger partial charge in [-0.15, -0.1) is 0 Å². The Balaban J connectivity index is 0. The van der Waals surface area contributed by atoms with Crippen LogP contribution in [0.3, 0.4) is 0 Å². The van der Waals surface area contributed by atoms with E-state index in [9.17, 15) is 0 Å². The predicted molar refractivity (Wildman–Crippen MR) is 78.0 cm³/mol. The van der Waals surface area contributed by atoms with E-state index in [1.54, 1.807) is 7.11 Å². The van der Waals surface area contributed by atoms with Gasteiger partial charge in [0.25, 0.3) is 0 Å². The second kappa shape index (κ2) is 21.1. The number of methoxy groups -OCH3 is 1. The third-order valence-electron chi connectivity index (χ3n) is 2.16. The van der Waals surface area contributed by atoms with Gasteiger partial charge in [0.2, 0.25) is 0 Å². The average molecular weight is 296 g/mol. The molecule has 20 heavy (non-hydrogen) atoms. The van der Waals surface area contributed by atoms with Crippen molar-refractivity contribution in [2.45, 2.75) is 32.8 Å². The fourth-order valence-electron chi connectivity index (χ4n) is 1.26. The maximum atomic E-state index is 8.92. The lowest BCUT2D eigenvalue weighted by Gasteiger charge is -2.05. The highest BCUT2D eigenvalue weighted by molar-refractivity contribution is 4.49.